The monoisotopic (exact) mass is 305 g/mol. The van der Waals surface area contributed by atoms with E-state index >= 15 is 0 Å². The maximum atomic E-state index is 11.9. The number of likely N-dealkylation sites (N-methyl/N-ethyl adjacent to an activating group) is 1. The molecule has 122 valence electrons. The van der Waals surface area contributed by atoms with E-state index in [2.05, 4.69) is 39.9 Å². The summed E-state index contributed by atoms with van der Waals surface area (Å²) in [5, 5.41) is 2.59. The van der Waals surface area contributed by atoms with Gasteiger partial charge in [0.1, 0.15) is 5.70 Å². The Bertz CT molecular complexity index is 549. The first-order valence-corrected chi connectivity index (χ1v) is 7.47. The van der Waals surface area contributed by atoms with Gasteiger partial charge in [0.15, 0.2) is 0 Å². The van der Waals surface area contributed by atoms with Crippen LogP contribution in [0.5, 0.6) is 0 Å². The minimum Gasteiger partial charge on any atom is -0.401 e. The van der Waals surface area contributed by atoms with Crippen LogP contribution in [0, 0.1) is 11.3 Å². The molecule has 5 nitrogen and oxygen atoms in total. The summed E-state index contributed by atoms with van der Waals surface area (Å²) in [6.45, 7) is 10.4. The number of amides is 2. The van der Waals surface area contributed by atoms with Crippen molar-refractivity contribution in [2.75, 3.05) is 13.6 Å². The van der Waals surface area contributed by atoms with Gasteiger partial charge >= 0.3 is 0 Å². The average Bonchev–Trinajstić information content (AvgIpc) is 2.37. The van der Waals surface area contributed by atoms with E-state index in [1.54, 1.807) is 19.2 Å². The molecule has 1 saturated heterocycles. The lowest BCUT2D eigenvalue weighted by molar-refractivity contribution is -0.136. The molecule has 0 spiro atoms. The lowest BCUT2D eigenvalue weighted by Gasteiger charge is -2.24. The van der Waals surface area contributed by atoms with E-state index in [1.807, 2.05) is 6.08 Å². The molecule has 3 N–H and O–H groups in total. The van der Waals surface area contributed by atoms with Crippen LogP contribution in [-0.2, 0) is 9.59 Å². The second kappa shape index (κ2) is 6.81. The molecule has 1 heterocycles. The Hall–Kier alpha value is -2.04. The third-order valence-electron chi connectivity index (χ3n) is 3.51. The van der Waals surface area contributed by atoms with Gasteiger partial charge in [-0.25, -0.2) is 0 Å². The fourth-order valence-corrected chi connectivity index (χ4v) is 2.12. The number of nitrogens with two attached hydrogens (primary N) is 1. The number of nitrogens with one attached hydrogen (secondary N) is 1. The van der Waals surface area contributed by atoms with Crippen molar-refractivity contribution in [3.05, 3.63) is 35.2 Å². The Morgan fingerprint density at radius 3 is 2.41 bits per heavy atom. The Balaban J connectivity index is 3.05. The summed E-state index contributed by atoms with van der Waals surface area (Å²) in [4.78, 5) is 24.8. The van der Waals surface area contributed by atoms with Crippen LogP contribution >= 0.6 is 0 Å². The fraction of sp³-hybridized carbons (Fsp3) is 0.529. The first-order chi connectivity index (χ1) is 10.0. The largest absolute Gasteiger partial charge is 0.401 e. The Labute approximate surface area is 132 Å². The lowest BCUT2D eigenvalue weighted by Crippen LogP contribution is -2.47. The smallest absolute Gasteiger partial charge is 0.270 e. The molecular formula is C17H27N3O2. The summed E-state index contributed by atoms with van der Waals surface area (Å²) in [6.07, 6.45) is 5.29. The van der Waals surface area contributed by atoms with Gasteiger partial charge in [-0.05, 0) is 17.6 Å². The fourth-order valence-electron chi connectivity index (χ4n) is 2.12. The molecule has 1 aliphatic heterocycles. The molecule has 0 aromatic heterocycles. The highest BCUT2D eigenvalue weighted by Crippen LogP contribution is 2.27. The van der Waals surface area contributed by atoms with Crippen molar-refractivity contribution in [1.82, 2.24) is 10.2 Å². The van der Waals surface area contributed by atoms with Gasteiger partial charge in [0.2, 0.25) is 5.91 Å². The van der Waals surface area contributed by atoms with Gasteiger partial charge < -0.3 is 16.0 Å². The van der Waals surface area contributed by atoms with E-state index in [4.69, 9.17) is 5.73 Å². The molecule has 0 aliphatic carbocycles. The van der Waals surface area contributed by atoms with Crippen LogP contribution in [0.3, 0.4) is 0 Å². The standard InChI is InChI=1S/C17H27N3O2/c1-11(2)12(15(18)17(3,4)5)8-7-9-13-16(22)20(6)10-14(21)19-13/h7-9,11H,10,18H2,1-6H3,(H,19,21)/b8-7+,13-9-,15-12-. The molecule has 0 bridgehead atoms. The van der Waals surface area contributed by atoms with E-state index in [-0.39, 0.29) is 35.4 Å². The number of hydrogen-bond acceptors (Lipinski definition) is 3. The number of carbonyl (C=O) groups excluding carboxylic acids is 2. The summed E-state index contributed by atoms with van der Waals surface area (Å²) in [7, 11) is 1.61. The molecule has 2 amide bonds. The quantitative estimate of drug-likeness (QED) is 0.618. The molecule has 5 heteroatoms. The number of carbonyl (C=O) groups is 2. The van der Waals surface area contributed by atoms with Crippen molar-refractivity contribution < 1.29 is 9.59 Å². The summed E-state index contributed by atoms with van der Waals surface area (Å²) in [5.41, 5.74) is 8.28. The van der Waals surface area contributed by atoms with Crippen LogP contribution in [0.2, 0.25) is 0 Å². The molecule has 1 fully saturated rings. The third kappa shape index (κ3) is 4.48. The molecule has 0 unspecified atom stereocenters. The molecule has 22 heavy (non-hydrogen) atoms. The normalized spacial score (nSPS) is 20.0. The van der Waals surface area contributed by atoms with Crippen LogP contribution in [0.25, 0.3) is 0 Å². The molecule has 1 rings (SSSR count). The van der Waals surface area contributed by atoms with Crippen molar-refractivity contribution in [2.24, 2.45) is 17.1 Å². The van der Waals surface area contributed by atoms with Gasteiger partial charge in [-0.3, -0.25) is 9.59 Å². The number of nitrogens with zero attached hydrogens (tertiary/aromatic N) is 1. The van der Waals surface area contributed by atoms with Gasteiger partial charge in [-0.15, -0.1) is 0 Å². The summed E-state index contributed by atoms with van der Waals surface area (Å²) < 4.78 is 0. The third-order valence-corrected chi connectivity index (χ3v) is 3.51. The van der Waals surface area contributed by atoms with Crippen LogP contribution in [0.1, 0.15) is 34.6 Å². The van der Waals surface area contributed by atoms with Gasteiger partial charge in [0.25, 0.3) is 5.91 Å². The predicted octanol–water partition coefficient (Wildman–Crippen LogP) is 1.93. The first-order valence-electron chi connectivity index (χ1n) is 7.47. The van der Waals surface area contributed by atoms with Crippen molar-refractivity contribution in [3.63, 3.8) is 0 Å². The van der Waals surface area contributed by atoms with Crippen LogP contribution < -0.4 is 11.1 Å². The highest BCUT2D eigenvalue weighted by molar-refractivity contribution is 6.02. The number of piperazine rings is 1. The van der Waals surface area contributed by atoms with E-state index in [0.717, 1.165) is 11.3 Å². The molecule has 1 aliphatic rings. The summed E-state index contributed by atoms with van der Waals surface area (Å²) in [5.74, 6) is -0.105. The Morgan fingerprint density at radius 1 is 1.32 bits per heavy atom. The van der Waals surface area contributed by atoms with Gasteiger partial charge in [-0.1, -0.05) is 46.8 Å². The van der Waals surface area contributed by atoms with E-state index < -0.39 is 0 Å². The highest BCUT2D eigenvalue weighted by Gasteiger charge is 2.24. The van der Waals surface area contributed by atoms with Crippen molar-refractivity contribution in [1.29, 1.82) is 0 Å². The molecule has 0 radical (unpaired) electrons. The summed E-state index contributed by atoms with van der Waals surface area (Å²) in [6, 6.07) is 0. The molecule has 0 saturated carbocycles. The van der Waals surface area contributed by atoms with Gasteiger partial charge in [-0.2, -0.15) is 0 Å². The zero-order valence-corrected chi connectivity index (χ0v) is 14.4. The van der Waals surface area contributed by atoms with Crippen molar-refractivity contribution in [3.8, 4) is 0 Å². The minimum atomic E-state index is -0.192. The number of hydrogen-bond donors (Lipinski definition) is 2. The number of allylic oxidation sites excluding steroid dienone is 5. The zero-order valence-electron chi connectivity index (χ0n) is 14.4. The minimum absolute atomic E-state index is 0.0913. The van der Waals surface area contributed by atoms with Crippen molar-refractivity contribution in [2.45, 2.75) is 34.6 Å². The topological polar surface area (TPSA) is 75.4 Å². The Kier molecular flexibility index (Phi) is 5.58. The van der Waals surface area contributed by atoms with E-state index in [0.29, 0.717) is 0 Å². The predicted molar refractivity (Wildman–Crippen MR) is 88.5 cm³/mol. The van der Waals surface area contributed by atoms with E-state index in [9.17, 15) is 9.59 Å². The lowest BCUT2D eigenvalue weighted by atomic mass is 9.85. The first kappa shape index (κ1) is 18.0. The Morgan fingerprint density at radius 2 is 1.91 bits per heavy atom. The van der Waals surface area contributed by atoms with Gasteiger partial charge in [0.05, 0.1) is 6.54 Å². The molecule has 0 aromatic carbocycles. The highest BCUT2D eigenvalue weighted by atomic mass is 16.2. The second-order valence-electron chi connectivity index (χ2n) is 6.92. The molecule has 0 atom stereocenters. The van der Waals surface area contributed by atoms with E-state index in [1.165, 1.54) is 4.90 Å². The maximum Gasteiger partial charge on any atom is 0.270 e. The molecule has 0 aromatic rings. The summed E-state index contributed by atoms with van der Waals surface area (Å²) >= 11 is 0. The van der Waals surface area contributed by atoms with Crippen molar-refractivity contribution >= 4 is 11.8 Å². The zero-order chi connectivity index (χ0) is 17.1. The second-order valence-corrected chi connectivity index (χ2v) is 6.92. The average molecular weight is 305 g/mol. The number of rotatable bonds is 3. The van der Waals surface area contributed by atoms with Crippen LogP contribution in [-0.4, -0.2) is 30.3 Å². The SMILES string of the molecule is CC(C)C(/C=C/C=C1\NC(=O)CN(C)C1=O)=C(\N)C(C)(C)C. The molecular weight excluding hydrogens is 278 g/mol. The van der Waals surface area contributed by atoms with Gasteiger partial charge in [0, 0.05) is 18.2 Å². The van der Waals surface area contributed by atoms with Crippen LogP contribution in [0.15, 0.2) is 35.2 Å². The maximum absolute atomic E-state index is 11.9. The van der Waals surface area contributed by atoms with Crippen LogP contribution in [0.4, 0.5) is 0 Å².